The van der Waals surface area contributed by atoms with Crippen LogP contribution in [0.15, 0.2) is 18.2 Å². The molecule has 0 aromatic heterocycles. The van der Waals surface area contributed by atoms with Crippen LogP contribution in [-0.2, 0) is 16.0 Å². The molecule has 28 heavy (non-hydrogen) atoms. The lowest BCUT2D eigenvalue weighted by atomic mass is 9.72. The maximum Gasteiger partial charge on any atom is 0.547 e. The van der Waals surface area contributed by atoms with Crippen LogP contribution >= 0.6 is 0 Å². The van der Waals surface area contributed by atoms with Crippen LogP contribution in [0.3, 0.4) is 0 Å². The summed E-state index contributed by atoms with van der Waals surface area (Å²) in [5.41, 5.74) is 1.06. The van der Waals surface area contributed by atoms with Crippen molar-refractivity contribution in [1.29, 1.82) is 0 Å². The zero-order valence-corrected chi connectivity index (χ0v) is 16.7. The Kier molecular flexibility index (Phi) is 7.06. The number of aliphatic hydroxyl groups excluding tert-OH is 1. The summed E-state index contributed by atoms with van der Waals surface area (Å²) in [5.74, 6) is -4.59. The summed E-state index contributed by atoms with van der Waals surface area (Å²) >= 11 is 0. The molecule has 0 radical (unpaired) electrons. The molecule has 1 heterocycles. The molecule has 1 aromatic carbocycles. The number of hydrogen-bond acceptors (Lipinski definition) is 5. The number of carbonyl (C=O) groups excluding carboxylic acids is 1. The zero-order valence-electron chi connectivity index (χ0n) is 16.7. The van der Waals surface area contributed by atoms with Gasteiger partial charge in [-0.3, -0.25) is 4.79 Å². The molecule has 0 saturated carbocycles. The van der Waals surface area contributed by atoms with Gasteiger partial charge in [-0.2, -0.15) is 0 Å². The molecule has 9 heteroatoms. The summed E-state index contributed by atoms with van der Waals surface area (Å²) < 4.78 is 36.9. The van der Waals surface area contributed by atoms with Crippen molar-refractivity contribution in [3.63, 3.8) is 0 Å². The largest absolute Gasteiger partial charge is 0.547 e. The number of para-hydroxylation sites is 1. The molecule has 1 aliphatic rings. The average Bonchev–Trinajstić information content (AvgIpc) is 2.52. The van der Waals surface area contributed by atoms with E-state index in [9.17, 15) is 23.7 Å². The fraction of sp³-hybridized carbons (Fsp3) is 0.632. The number of fused-ring (bicyclic) bond motifs is 1. The first-order chi connectivity index (χ1) is 12.9. The molecule has 2 rings (SSSR count). The quantitative estimate of drug-likeness (QED) is 0.485. The normalized spacial score (nSPS) is 18.3. The van der Waals surface area contributed by atoms with Gasteiger partial charge in [-0.1, -0.05) is 39.0 Å². The van der Waals surface area contributed by atoms with E-state index in [2.05, 4.69) is 26.1 Å². The Morgan fingerprint density at radius 3 is 2.68 bits per heavy atom. The third kappa shape index (κ3) is 6.72. The van der Waals surface area contributed by atoms with Crippen molar-refractivity contribution in [3.05, 3.63) is 29.3 Å². The van der Waals surface area contributed by atoms with Crippen LogP contribution < -0.4 is 9.97 Å². The standard InChI is InChI=1S/C19H28BF2NO5/c1-18(2,3)8-9-27-17(25)13-7-5-6-12-10-14(20(26)28-16(12)13)23-15(24)11-19(4,21)22/h5-7,14,17,25-26H,8-11H2,1-4H3,(H,23,24)/t14-,17?/m0/s1. The number of aliphatic hydroxyl groups is 1. The van der Waals surface area contributed by atoms with Crippen LogP contribution in [0.4, 0.5) is 8.78 Å². The molecule has 0 spiro atoms. The lowest BCUT2D eigenvalue weighted by molar-refractivity contribution is -0.127. The van der Waals surface area contributed by atoms with Gasteiger partial charge in [0, 0.05) is 5.56 Å². The smallest absolute Gasteiger partial charge is 0.534 e. The second kappa shape index (κ2) is 8.76. The first kappa shape index (κ1) is 22.6. The number of benzene rings is 1. The first-order valence-corrected chi connectivity index (χ1v) is 9.29. The van der Waals surface area contributed by atoms with Gasteiger partial charge >= 0.3 is 7.12 Å². The van der Waals surface area contributed by atoms with Crippen molar-refractivity contribution in [2.45, 2.75) is 65.1 Å². The SMILES string of the molecule is CC(C)(C)CCOC(O)c1cccc2c1OB(O)[C@@H](NC(=O)CC(C)(F)F)C2. The van der Waals surface area contributed by atoms with E-state index in [0.29, 0.717) is 24.7 Å². The minimum absolute atomic E-state index is 0.0588. The van der Waals surface area contributed by atoms with Gasteiger partial charge in [-0.15, -0.1) is 0 Å². The van der Waals surface area contributed by atoms with Gasteiger partial charge in [-0.05, 0) is 30.7 Å². The Morgan fingerprint density at radius 2 is 2.07 bits per heavy atom. The molecule has 1 aliphatic heterocycles. The van der Waals surface area contributed by atoms with Gasteiger partial charge in [0.1, 0.15) is 5.75 Å². The fourth-order valence-electron chi connectivity index (χ4n) is 2.87. The van der Waals surface area contributed by atoms with Crippen LogP contribution in [-0.4, -0.2) is 41.6 Å². The van der Waals surface area contributed by atoms with Gasteiger partial charge in [0.2, 0.25) is 5.91 Å². The minimum atomic E-state index is -3.13. The predicted molar refractivity (Wildman–Crippen MR) is 101 cm³/mol. The summed E-state index contributed by atoms with van der Waals surface area (Å²) in [6.45, 7) is 7.20. The lowest BCUT2D eigenvalue weighted by Crippen LogP contribution is -2.53. The van der Waals surface area contributed by atoms with Crippen molar-refractivity contribution in [2.75, 3.05) is 6.61 Å². The maximum absolute atomic E-state index is 13.0. The molecule has 1 aromatic rings. The van der Waals surface area contributed by atoms with Gasteiger partial charge in [0.05, 0.1) is 19.0 Å². The summed E-state index contributed by atoms with van der Waals surface area (Å²) in [7, 11) is -1.43. The van der Waals surface area contributed by atoms with Gasteiger partial charge in [0.25, 0.3) is 5.92 Å². The van der Waals surface area contributed by atoms with E-state index in [0.717, 1.165) is 6.42 Å². The number of amides is 1. The van der Waals surface area contributed by atoms with E-state index >= 15 is 0 Å². The molecule has 156 valence electrons. The Bertz CT molecular complexity index is 690. The van der Waals surface area contributed by atoms with E-state index in [1.165, 1.54) is 0 Å². The molecule has 0 saturated heterocycles. The zero-order chi connectivity index (χ0) is 21.1. The topological polar surface area (TPSA) is 88.0 Å². The van der Waals surface area contributed by atoms with E-state index in [-0.39, 0.29) is 17.6 Å². The highest BCUT2D eigenvalue weighted by Gasteiger charge is 2.38. The molecule has 6 nitrogen and oxygen atoms in total. The highest BCUT2D eigenvalue weighted by atomic mass is 19.3. The highest BCUT2D eigenvalue weighted by Crippen LogP contribution is 2.34. The minimum Gasteiger partial charge on any atom is -0.534 e. The number of halogens is 2. The highest BCUT2D eigenvalue weighted by molar-refractivity contribution is 6.46. The fourth-order valence-corrected chi connectivity index (χ4v) is 2.87. The molecule has 2 atom stereocenters. The monoisotopic (exact) mass is 399 g/mol. The van der Waals surface area contributed by atoms with Gasteiger partial charge in [0.15, 0.2) is 6.29 Å². The summed E-state index contributed by atoms with van der Waals surface area (Å²) in [4.78, 5) is 11.7. The number of alkyl halides is 2. The maximum atomic E-state index is 13.0. The van der Waals surface area contributed by atoms with Crippen molar-refractivity contribution in [2.24, 2.45) is 5.41 Å². The molecule has 1 amide bonds. The molecule has 3 N–H and O–H groups in total. The second-order valence-corrected chi connectivity index (χ2v) is 8.50. The molecular weight excluding hydrogens is 371 g/mol. The Labute approximate surface area is 164 Å². The Morgan fingerprint density at radius 1 is 1.39 bits per heavy atom. The van der Waals surface area contributed by atoms with Crippen molar-refractivity contribution in [3.8, 4) is 5.75 Å². The van der Waals surface area contributed by atoms with Crippen LogP contribution in [0.5, 0.6) is 5.75 Å². The van der Waals surface area contributed by atoms with Crippen LogP contribution in [0, 0.1) is 5.41 Å². The molecule has 0 bridgehead atoms. The van der Waals surface area contributed by atoms with E-state index in [4.69, 9.17) is 9.39 Å². The van der Waals surface area contributed by atoms with Crippen LogP contribution in [0.1, 0.15) is 58.0 Å². The Hall–Kier alpha value is -1.71. The first-order valence-electron chi connectivity index (χ1n) is 9.29. The van der Waals surface area contributed by atoms with Crippen LogP contribution in [0.2, 0.25) is 0 Å². The number of carbonyl (C=O) groups is 1. The van der Waals surface area contributed by atoms with Crippen molar-refractivity contribution < 1.29 is 33.1 Å². The molecule has 0 aliphatic carbocycles. The third-order valence-electron chi connectivity index (χ3n) is 4.36. The van der Waals surface area contributed by atoms with Gasteiger partial charge < -0.3 is 24.8 Å². The van der Waals surface area contributed by atoms with E-state index in [1.54, 1.807) is 18.2 Å². The van der Waals surface area contributed by atoms with Crippen molar-refractivity contribution in [1.82, 2.24) is 5.32 Å². The van der Waals surface area contributed by atoms with Gasteiger partial charge in [-0.25, -0.2) is 8.78 Å². The van der Waals surface area contributed by atoms with E-state index in [1.807, 2.05) is 0 Å². The Balaban J connectivity index is 2.06. The molecule has 1 unspecified atom stereocenters. The molecular formula is C19H28BF2NO5. The third-order valence-corrected chi connectivity index (χ3v) is 4.36. The van der Waals surface area contributed by atoms with Crippen molar-refractivity contribution >= 4 is 13.0 Å². The number of rotatable bonds is 7. The molecule has 0 fully saturated rings. The second-order valence-electron chi connectivity index (χ2n) is 8.50. The number of hydrogen-bond donors (Lipinski definition) is 3. The summed E-state index contributed by atoms with van der Waals surface area (Å²) in [6, 6.07) is 5.05. The summed E-state index contributed by atoms with van der Waals surface area (Å²) in [6.07, 6.45) is -1.27. The van der Waals surface area contributed by atoms with Crippen LogP contribution in [0.25, 0.3) is 0 Å². The lowest BCUT2D eigenvalue weighted by Gasteiger charge is -2.30. The van der Waals surface area contributed by atoms with E-state index < -0.39 is 37.6 Å². The predicted octanol–water partition coefficient (Wildman–Crippen LogP) is 2.62. The summed E-state index contributed by atoms with van der Waals surface area (Å²) in [5, 5.41) is 22.9. The number of ether oxygens (including phenoxy) is 1. The average molecular weight is 399 g/mol. The number of nitrogens with one attached hydrogen (secondary N) is 1.